The van der Waals surface area contributed by atoms with E-state index in [2.05, 4.69) is 15.9 Å². The van der Waals surface area contributed by atoms with Crippen LogP contribution in [-0.2, 0) is 5.33 Å². The normalized spacial score (nSPS) is 10.1. The Hall–Kier alpha value is -1.88. The van der Waals surface area contributed by atoms with E-state index in [4.69, 9.17) is 4.74 Å². The Kier molecular flexibility index (Phi) is 3.94. The van der Waals surface area contributed by atoms with Gasteiger partial charge in [0.2, 0.25) is 0 Å². The van der Waals surface area contributed by atoms with E-state index < -0.39 is 4.92 Å². The van der Waals surface area contributed by atoms with E-state index in [1.165, 1.54) is 12.1 Å². The number of nitrogens with zero attached hydrogens (tertiary/aromatic N) is 1. The van der Waals surface area contributed by atoms with E-state index in [9.17, 15) is 10.1 Å². The standard InChI is InChI=1S/C13H10BrNO3/c14-9-10-3-1-2-4-13(10)18-12-7-5-11(6-8-12)15(16)17/h1-8H,9H2. The molecule has 2 aromatic rings. The highest BCUT2D eigenvalue weighted by Crippen LogP contribution is 2.27. The molecule has 0 heterocycles. The molecular weight excluding hydrogens is 298 g/mol. The fraction of sp³-hybridized carbons (Fsp3) is 0.0769. The second-order valence-corrected chi connectivity index (χ2v) is 4.16. The minimum Gasteiger partial charge on any atom is -0.457 e. The van der Waals surface area contributed by atoms with Gasteiger partial charge in [-0.2, -0.15) is 0 Å². The zero-order valence-electron chi connectivity index (χ0n) is 9.38. The lowest BCUT2D eigenvalue weighted by atomic mass is 10.2. The molecule has 0 aliphatic rings. The summed E-state index contributed by atoms with van der Waals surface area (Å²) in [6, 6.07) is 13.6. The van der Waals surface area contributed by atoms with Gasteiger partial charge >= 0.3 is 0 Å². The number of non-ortho nitro benzene ring substituents is 1. The third kappa shape index (κ3) is 2.87. The number of alkyl halides is 1. The first-order chi connectivity index (χ1) is 8.70. The largest absolute Gasteiger partial charge is 0.457 e. The highest BCUT2D eigenvalue weighted by molar-refractivity contribution is 9.08. The smallest absolute Gasteiger partial charge is 0.269 e. The van der Waals surface area contributed by atoms with Crippen LogP contribution in [0.15, 0.2) is 48.5 Å². The van der Waals surface area contributed by atoms with Gasteiger partial charge in [0.05, 0.1) is 4.92 Å². The summed E-state index contributed by atoms with van der Waals surface area (Å²) in [5, 5.41) is 11.2. The second kappa shape index (κ2) is 5.64. The predicted molar refractivity (Wildman–Crippen MR) is 72.2 cm³/mol. The van der Waals surface area contributed by atoms with Gasteiger partial charge in [0.25, 0.3) is 5.69 Å². The number of rotatable bonds is 4. The summed E-state index contributed by atoms with van der Waals surface area (Å²) < 4.78 is 5.68. The molecule has 0 unspecified atom stereocenters. The van der Waals surface area contributed by atoms with Crippen LogP contribution in [0, 0.1) is 10.1 Å². The molecule has 0 aromatic heterocycles. The monoisotopic (exact) mass is 307 g/mol. The van der Waals surface area contributed by atoms with Gasteiger partial charge in [0.15, 0.2) is 0 Å². The van der Waals surface area contributed by atoms with E-state index in [-0.39, 0.29) is 5.69 Å². The van der Waals surface area contributed by atoms with E-state index in [0.29, 0.717) is 11.1 Å². The van der Waals surface area contributed by atoms with Crippen molar-refractivity contribution in [3.05, 3.63) is 64.2 Å². The minimum absolute atomic E-state index is 0.0520. The Balaban J connectivity index is 2.21. The molecule has 2 rings (SSSR count). The summed E-state index contributed by atoms with van der Waals surface area (Å²) in [5.74, 6) is 1.32. The maximum absolute atomic E-state index is 10.5. The van der Waals surface area contributed by atoms with Crippen molar-refractivity contribution in [3.63, 3.8) is 0 Å². The number of ether oxygens (including phenoxy) is 1. The van der Waals surface area contributed by atoms with Gasteiger partial charge in [0.1, 0.15) is 11.5 Å². The van der Waals surface area contributed by atoms with Gasteiger partial charge in [0, 0.05) is 23.0 Å². The highest BCUT2D eigenvalue weighted by atomic mass is 79.9. The first-order valence-corrected chi connectivity index (χ1v) is 6.39. The van der Waals surface area contributed by atoms with E-state index >= 15 is 0 Å². The summed E-state index contributed by atoms with van der Waals surface area (Å²) in [4.78, 5) is 10.1. The molecule has 0 amide bonds. The Labute approximate surface area is 112 Å². The van der Waals surface area contributed by atoms with Crippen molar-refractivity contribution in [2.45, 2.75) is 5.33 Å². The molecule has 0 radical (unpaired) electrons. The predicted octanol–water partition coefficient (Wildman–Crippen LogP) is 4.28. The SMILES string of the molecule is O=[N+]([O-])c1ccc(Oc2ccccc2CBr)cc1. The molecule has 0 saturated carbocycles. The van der Waals surface area contributed by atoms with Crippen LogP contribution in [0.25, 0.3) is 0 Å². The first-order valence-electron chi connectivity index (χ1n) is 5.27. The van der Waals surface area contributed by atoms with Gasteiger partial charge in [-0.15, -0.1) is 0 Å². The molecule has 92 valence electrons. The fourth-order valence-corrected chi connectivity index (χ4v) is 1.94. The molecule has 2 aromatic carbocycles. The molecule has 0 fully saturated rings. The van der Waals surface area contributed by atoms with Crippen LogP contribution in [0.4, 0.5) is 5.69 Å². The number of halogens is 1. The maximum atomic E-state index is 10.5. The Morgan fingerprint density at radius 3 is 2.39 bits per heavy atom. The number of hydrogen-bond donors (Lipinski definition) is 0. The third-order valence-corrected chi connectivity index (χ3v) is 3.00. The van der Waals surface area contributed by atoms with Crippen molar-refractivity contribution >= 4 is 21.6 Å². The molecule has 18 heavy (non-hydrogen) atoms. The summed E-state index contributed by atoms with van der Waals surface area (Å²) in [6.07, 6.45) is 0. The number of nitro benzene ring substituents is 1. The van der Waals surface area contributed by atoms with Crippen LogP contribution < -0.4 is 4.74 Å². The molecule has 0 N–H and O–H groups in total. The van der Waals surface area contributed by atoms with Crippen molar-refractivity contribution in [2.75, 3.05) is 0 Å². The maximum Gasteiger partial charge on any atom is 0.269 e. The first kappa shape index (κ1) is 12.6. The van der Waals surface area contributed by atoms with Crippen LogP contribution in [0.2, 0.25) is 0 Å². The summed E-state index contributed by atoms with van der Waals surface area (Å²) in [7, 11) is 0. The van der Waals surface area contributed by atoms with Crippen molar-refractivity contribution in [1.29, 1.82) is 0 Å². The van der Waals surface area contributed by atoms with Crippen molar-refractivity contribution < 1.29 is 9.66 Å². The number of nitro groups is 1. The van der Waals surface area contributed by atoms with Gasteiger partial charge in [-0.05, 0) is 18.2 Å². The van der Waals surface area contributed by atoms with Crippen molar-refractivity contribution in [3.8, 4) is 11.5 Å². The number of benzene rings is 2. The highest BCUT2D eigenvalue weighted by Gasteiger charge is 2.06. The molecule has 0 aliphatic heterocycles. The van der Waals surface area contributed by atoms with Gasteiger partial charge in [-0.1, -0.05) is 34.1 Å². The van der Waals surface area contributed by atoms with E-state index in [1.54, 1.807) is 12.1 Å². The lowest BCUT2D eigenvalue weighted by Crippen LogP contribution is -1.90. The average molecular weight is 308 g/mol. The van der Waals surface area contributed by atoms with Gasteiger partial charge in [-0.25, -0.2) is 0 Å². The molecule has 0 bridgehead atoms. The van der Waals surface area contributed by atoms with Crippen LogP contribution in [0.1, 0.15) is 5.56 Å². The number of hydrogen-bond acceptors (Lipinski definition) is 3. The fourth-order valence-electron chi connectivity index (χ4n) is 1.48. The van der Waals surface area contributed by atoms with E-state index in [1.807, 2.05) is 24.3 Å². The summed E-state index contributed by atoms with van der Waals surface area (Å²) in [5.41, 5.74) is 1.08. The van der Waals surface area contributed by atoms with Crippen molar-refractivity contribution in [1.82, 2.24) is 0 Å². The van der Waals surface area contributed by atoms with Crippen LogP contribution in [0.3, 0.4) is 0 Å². The average Bonchev–Trinajstić information content (AvgIpc) is 2.40. The van der Waals surface area contributed by atoms with Gasteiger partial charge < -0.3 is 4.74 Å². The third-order valence-electron chi connectivity index (χ3n) is 2.39. The Morgan fingerprint density at radius 2 is 1.78 bits per heavy atom. The van der Waals surface area contributed by atoms with Crippen molar-refractivity contribution in [2.24, 2.45) is 0 Å². The zero-order chi connectivity index (χ0) is 13.0. The zero-order valence-corrected chi connectivity index (χ0v) is 11.0. The molecule has 5 heteroatoms. The minimum atomic E-state index is -0.434. The van der Waals surface area contributed by atoms with Crippen LogP contribution in [0.5, 0.6) is 11.5 Å². The molecule has 0 atom stereocenters. The molecule has 0 aliphatic carbocycles. The Bertz CT molecular complexity index is 554. The summed E-state index contributed by atoms with van der Waals surface area (Å²) in [6.45, 7) is 0. The molecule has 4 nitrogen and oxygen atoms in total. The molecule has 0 spiro atoms. The lowest BCUT2D eigenvalue weighted by molar-refractivity contribution is -0.384. The summed E-state index contributed by atoms with van der Waals surface area (Å²) >= 11 is 3.38. The Morgan fingerprint density at radius 1 is 1.11 bits per heavy atom. The molecular formula is C13H10BrNO3. The number of para-hydroxylation sites is 1. The lowest BCUT2D eigenvalue weighted by Gasteiger charge is -2.08. The molecule has 0 saturated heterocycles. The topological polar surface area (TPSA) is 52.4 Å². The van der Waals surface area contributed by atoms with Gasteiger partial charge in [-0.3, -0.25) is 10.1 Å². The van der Waals surface area contributed by atoms with Crippen LogP contribution >= 0.6 is 15.9 Å². The van der Waals surface area contributed by atoms with Crippen LogP contribution in [-0.4, -0.2) is 4.92 Å². The quantitative estimate of drug-likeness (QED) is 0.481. The second-order valence-electron chi connectivity index (χ2n) is 3.59. The van der Waals surface area contributed by atoms with E-state index in [0.717, 1.165) is 11.3 Å².